The Hall–Kier alpha value is -2.93. The van der Waals surface area contributed by atoms with Crippen LogP contribution in [0.4, 0.5) is 5.00 Å². The number of para-hydroxylation sites is 1. The number of amides is 2. The van der Waals surface area contributed by atoms with Gasteiger partial charge in [-0.1, -0.05) is 18.6 Å². The zero-order valence-electron chi connectivity index (χ0n) is 15.5. The van der Waals surface area contributed by atoms with Crippen molar-refractivity contribution in [1.82, 2.24) is 5.32 Å². The predicted molar refractivity (Wildman–Crippen MR) is 109 cm³/mol. The maximum atomic E-state index is 12.8. The molecule has 3 aromatic rings. The number of benzene rings is 1. The highest BCUT2D eigenvalue weighted by molar-refractivity contribution is 7.17. The zero-order valence-corrected chi connectivity index (χ0v) is 16.3. The molecule has 7 heteroatoms. The van der Waals surface area contributed by atoms with Crippen molar-refractivity contribution in [2.45, 2.75) is 32.1 Å². The maximum absolute atomic E-state index is 12.8. The van der Waals surface area contributed by atoms with E-state index >= 15 is 0 Å². The Kier molecular flexibility index (Phi) is 5.00. The van der Waals surface area contributed by atoms with Crippen molar-refractivity contribution in [3.05, 3.63) is 62.3 Å². The second-order valence-electron chi connectivity index (χ2n) is 6.78. The molecule has 0 atom stereocenters. The van der Waals surface area contributed by atoms with Crippen molar-refractivity contribution < 1.29 is 14.0 Å². The van der Waals surface area contributed by atoms with E-state index in [0.29, 0.717) is 21.5 Å². The number of fused-ring (bicyclic) bond motifs is 2. The van der Waals surface area contributed by atoms with Crippen LogP contribution in [0.15, 0.2) is 39.7 Å². The Labute approximate surface area is 165 Å². The predicted octanol–water partition coefficient (Wildman–Crippen LogP) is 3.74. The minimum Gasteiger partial charge on any atom is -0.463 e. The first kappa shape index (κ1) is 18.4. The van der Waals surface area contributed by atoms with Crippen LogP contribution in [0.5, 0.6) is 0 Å². The number of thiophene rings is 1. The highest BCUT2D eigenvalue weighted by Gasteiger charge is 2.26. The molecule has 0 saturated carbocycles. The molecule has 2 N–H and O–H groups in total. The molecule has 2 aromatic heterocycles. The summed E-state index contributed by atoms with van der Waals surface area (Å²) in [4.78, 5) is 39.1. The average molecular weight is 396 g/mol. The largest absolute Gasteiger partial charge is 0.463 e. The summed E-state index contributed by atoms with van der Waals surface area (Å²) < 4.78 is 5.44. The van der Waals surface area contributed by atoms with Crippen LogP contribution in [0.2, 0.25) is 0 Å². The average Bonchev–Trinajstić information content (AvgIpc) is 2.88. The summed E-state index contributed by atoms with van der Waals surface area (Å²) in [6.45, 7) is 0. The number of rotatable bonds is 3. The van der Waals surface area contributed by atoms with Gasteiger partial charge in [0.25, 0.3) is 11.8 Å². The molecule has 4 rings (SSSR count). The Balaban J connectivity index is 1.73. The van der Waals surface area contributed by atoms with E-state index in [4.69, 9.17) is 4.42 Å². The monoisotopic (exact) mass is 396 g/mol. The molecular weight excluding hydrogens is 376 g/mol. The fourth-order valence-corrected chi connectivity index (χ4v) is 4.88. The van der Waals surface area contributed by atoms with E-state index in [-0.39, 0.29) is 16.9 Å². The molecular formula is C21H20N2O4S. The van der Waals surface area contributed by atoms with Gasteiger partial charge in [-0.2, -0.15) is 0 Å². The number of hydrogen-bond donors (Lipinski definition) is 2. The number of hydrogen-bond acceptors (Lipinski definition) is 5. The Morgan fingerprint density at radius 1 is 1.07 bits per heavy atom. The Bertz CT molecular complexity index is 1130. The van der Waals surface area contributed by atoms with Gasteiger partial charge < -0.3 is 15.1 Å². The first-order chi connectivity index (χ1) is 13.6. The van der Waals surface area contributed by atoms with Gasteiger partial charge >= 0.3 is 0 Å². The van der Waals surface area contributed by atoms with Gasteiger partial charge in [-0.25, -0.2) is 0 Å². The first-order valence-electron chi connectivity index (χ1n) is 9.28. The van der Waals surface area contributed by atoms with Crippen molar-refractivity contribution >= 4 is 39.1 Å². The van der Waals surface area contributed by atoms with E-state index in [0.717, 1.165) is 42.5 Å². The number of carbonyl (C=O) groups excluding carboxylic acids is 2. The van der Waals surface area contributed by atoms with Crippen LogP contribution >= 0.6 is 11.3 Å². The molecule has 2 heterocycles. The maximum Gasteiger partial charge on any atom is 0.263 e. The molecule has 144 valence electrons. The normalized spacial score (nSPS) is 13.6. The van der Waals surface area contributed by atoms with Gasteiger partial charge in [-0.05, 0) is 43.4 Å². The highest BCUT2D eigenvalue weighted by atomic mass is 32.1. The Morgan fingerprint density at radius 3 is 2.68 bits per heavy atom. The van der Waals surface area contributed by atoms with E-state index in [1.165, 1.54) is 17.6 Å². The summed E-state index contributed by atoms with van der Waals surface area (Å²) in [7, 11) is 1.58. The van der Waals surface area contributed by atoms with Crippen molar-refractivity contribution in [3.8, 4) is 0 Å². The lowest BCUT2D eigenvalue weighted by Crippen LogP contribution is -2.24. The minimum atomic E-state index is -0.568. The smallest absolute Gasteiger partial charge is 0.263 e. The molecule has 1 aliphatic rings. The lowest BCUT2D eigenvalue weighted by atomic mass is 10.0. The van der Waals surface area contributed by atoms with E-state index in [1.54, 1.807) is 31.3 Å². The van der Waals surface area contributed by atoms with Crippen LogP contribution in [0, 0.1) is 0 Å². The van der Waals surface area contributed by atoms with Gasteiger partial charge in [0.05, 0.1) is 10.9 Å². The van der Waals surface area contributed by atoms with E-state index in [2.05, 4.69) is 10.6 Å². The lowest BCUT2D eigenvalue weighted by Gasteiger charge is -2.08. The fourth-order valence-electron chi connectivity index (χ4n) is 3.60. The molecule has 0 saturated heterocycles. The molecule has 0 unspecified atom stereocenters. The van der Waals surface area contributed by atoms with Gasteiger partial charge in [-0.15, -0.1) is 11.3 Å². The zero-order chi connectivity index (χ0) is 19.7. The lowest BCUT2D eigenvalue weighted by molar-refractivity contribution is 0.0963. The van der Waals surface area contributed by atoms with Crippen LogP contribution < -0.4 is 16.1 Å². The second-order valence-corrected chi connectivity index (χ2v) is 7.88. The van der Waals surface area contributed by atoms with Crippen LogP contribution in [-0.2, 0) is 12.8 Å². The fraction of sp³-hybridized carbons (Fsp3) is 0.286. The van der Waals surface area contributed by atoms with Crippen molar-refractivity contribution in [3.63, 3.8) is 0 Å². The van der Waals surface area contributed by atoms with E-state index < -0.39 is 5.91 Å². The summed E-state index contributed by atoms with van der Waals surface area (Å²) in [5.74, 6) is -0.790. The Morgan fingerprint density at radius 2 is 1.86 bits per heavy atom. The second kappa shape index (κ2) is 7.59. The van der Waals surface area contributed by atoms with Crippen LogP contribution in [0.1, 0.15) is 50.4 Å². The number of carbonyl (C=O) groups is 2. The molecule has 6 nitrogen and oxygen atoms in total. The third-order valence-electron chi connectivity index (χ3n) is 5.03. The molecule has 28 heavy (non-hydrogen) atoms. The van der Waals surface area contributed by atoms with Crippen LogP contribution in [-0.4, -0.2) is 18.9 Å². The third kappa shape index (κ3) is 3.22. The van der Waals surface area contributed by atoms with Gasteiger partial charge in [0, 0.05) is 11.9 Å². The molecule has 1 aromatic carbocycles. The van der Waals surface area contributed by atoms with Gasteiger partial charge in [0.1, 0.15) is 22.4 Å². The number of aryl methyl sites for hydroxylation is 1. The molecule has 0 fully saturated rings. The molecule has 0 radical (unpaired) electrons. The molecule has 0 aliphatic heterocycles. The van der Waals surface area contributed by atoms with E-state index in [1.807, 2.05) is 0 Å². The van der Waals surface area contributed by atoms with E-state index in [9.17, 15) is 14.4 Å². The quantitative estimate of drug-likeness (QED) is 0.660. The number of anilines is 1. The molecule has 0 bridgehead atoms. The summed E-state index contributed by atoms with van der Waals surface area (Å²) >= 11 is 1.43. The summed E-state index contributed by atoms with van der Waals surface area (Å²) in [6, 6.07) is 6.79. The van der Waals surface area contributed by atoms with Crippen LogP contribution in [0.25, 0.3) is 11.0 Å². The van der Waals surface area contributed by atoms with Gasteiger partial charge in [0.15, 0.2) is 0 Å². The third-order valence-corrected chi connectivity index (χ3v) is 6.23. The standard InChI is InChI=1S/C21H20N2O4S/c1-22-20(26)17-13-8-3-2-4-10-16(13)28-21(17)23-19(25)14-11-27-15-9-6-5-7-12(15)18(14)24/h5-7,9,11H,2-4,8,10H2,1H3,(H,22,26)(H,23,25). The highest BCUT2D eigenvalue weighted by Crippen LogP contribution is 2.37. The van der Waals surface area contributed by atoms with Crippen molar-refractivity contribution in [2.75, 3.05) is 12.4 Å². The first-order valence-corrected chi connectivity index (χ1v) is 10.1. The van der Waals surface area contributed by atoms with Crippen LogP contribution in [0.3, 0.4) is 0 Å². The molecule has 2 amide bonds. The summed E-state index contributed by atoms with van der Waals surface area (Å²) in [5, 5.41) is 6.29. The van der Waals surface area contributed by atoms with Crippen molar-refractivity contribution in [2.24, 2.45) is 0 Å². The van der Waals surface area contributed by atoms with Crippen molar-refractivity contribution in [1.29, 1.82) is 0 Å². The molecule has 0 spiro atoms. The van der Waals surface area contributed by atoms with Gasteiger partial charge in [-0.3, -0.25) is 14.4 Å². The minimum absolute atomic E-state index is 0.0786. The number of nitrogens with one attached hydrogen (secondary N) is 2. The topological polar surface area (TPSA) is 88.4 Å². The summed E-state index contributed by atoms with van der Waals surface area (Å²) in [6.07, 6.45) is 6.13. The SMILES string of the molecule is CNC(=O)c1c(NC(=O)c2coc3ccccc3c2=O)sc2c1CCCCC2. The van der Waals surface area contributed by atoms with Gasteiger partial charge in [0.2, 0.25) is 5.43 Å². The molecule has 1 aliphatic carbocycles. The summed E-state index contributed by atoms with van der Waals surface area (Å²) in [5.41, 5.74) is 1.49.